The third kappa shape index (κ3) is 6.19. The second kappa shape index (κ2) is 9.47. The van der Waals surface area contributed by atoms with Gasteiger partial charge in [-0.1, -0.05) is 29.3 Å². The molecule has 158 valence electrons. The highest BCUT2D eigenvalue weighted by molar-refractivity contribution is 6.42. The summed E-state index contributed by atoms with van der Waals surface area (Å²) < 4.78 is 11.4. The predicted molar refractivity (Wildman–Crippen MR) is 113 cm³/mol. The number of hydrogen-bond donors (Lipinski definition) is 0. The fraction of sp³-hybridized carbons (Fsp3) is 0.524. The molecule has 8 heteroatoms. The van der Waals surface area contributed by atoms with Crippen LogP contribution in [0.3, 0.4) is 0 Å². The molecule has 1 atom stereocenters. The molecule has 1 unspecified atom stereocenters. The zero-order chi connectivity index (χ0) is 21.0. The number of halogens is 2. The molecule has 2 amide bonds. The molecular formula is C21H26Cl2N2O4. The number of rotatable bonds is 5. The van der Waals surface area contributed by atoms with Crippen LogP contribution < -0.4 is 0 Å². The highest BCUT2D eigenvalue weighted by atomic mass is 35.5. The highest BCUT2D eigenvalue weighted by Gasteiger charge is 2.33. The van der Waals surface area contributed by atoms with Gasteiger partial charge in [-0.15, -0.1) is 0 Å². The van der Waals surface area contributed by atoms with Gasteiger partial charge in [-0.25, -0.2) is 0 Å². The number of ether oxygens (including phenoxy) is 2. The molecule has 2 aliphatic heterocycles. The van der Waals surface area contributed by atoms with E-state index in [0.29, 0.717) is 49.3 Å². The van der Waals surface area contributed by atoms with E-state index in [1.54, 1.807) is 29.2 Å². The van der Waals surface area contributed by atoms with E-state index in [9.17, 15) is 9.59 Å². The lowest BCUT2D eigenvalue weighted by atomic mass is 10.2. The summed E-state index contributed by atoms with van der Waals surface area (Å²) in [5.41, 5.74) is 0.794. The van der Waals surface area contributed by atoms with E-state index in [1.165, 1.54) is 6.08 Å². The van der Waals surface area contributed by atoms with Crippen molar-refractivity contribution in [2.24, 2.45) is 0 Å². The monoisotopic (exact) mass is 440 g/mol. The van der Waals surface area contributed by atoms with Crippen LogP contribution in [0.4, 0.5) is 0 Å². The Hall–Kier alpha value is -1.60. The highest BCUT2D eigenvalue weighted by Crippen LogP contribution is 2.25. The minimum Gasteiger partial charge on any atom is -0.348 e. The van der Waals surface area contributed by atoms with E-state index >= 15 is 0 Å². The molecule has 0 bridgehead atoms. The molecule has 0 spiro atoms. The van der Waals surface area contributed by atoms with Crippen molar-refractivity contribution in [1.29, 1.82) is 0 Å². The fourth-order valence-electron chi connectivity index (χ4n) is 3.42. The minimum atomic E-state index is -0.558. The lowest BCUT2D eigenvalue weighted by molar-refractivity contribution is -0.140. The van der Waals surface area contributed by atoms with E-state index in [2.05, 4.69) is 0 Å². The number of nitrogens with zero attached hydrogens (tertiary/aromatic N) is 2. The first-order valence-electron chi connectivity index (χ1n) is 9.75. The van der Waals surface area contributed by atoms with Crippen molar-refractivity contribution >= 4 is 41.1 Å². The van der Waals surface area contributed by atoms with Gasteiger partial charge in [0.1, 0.15) is 0 Å². The van der Waals surface area contributed by atoms with Gasteiger partial charge in [-0.05, 0) is 44.0 Å². The molecule has 2 heterocycles. The summed E-state index contributed by atoms with van der Waals surface area (Å²) in [6.07, 6.45) is 4.24. The molecule has 2 saturated heterocycles. The van der Waals surface area contributed by atoms with Crippen molar-refractivity contribution in [1.82, 2.24) is 9.80 Å². The van der Waals surface area contributed by atoms with Gasteiger partial charge in [0.25, 0.3) is 0 Å². The Morgan fingerprint density at radius 3 is 2.72 bits per heavy atom. The molecule has 6 nitrogen and oxygen atoms in total. The van der Waals surface area contributed by atoms with Gasteiger partial charge in [0.2, 0.25) is 11.8 Å². The summed E-state index contributed by atoms with van der Waals surface area (Å²) in [7, 11) is 0. The van der Waals surface area contributed by atoms with Gasteiger partial charge in [-0.2, -0.15) is 0 Å². The molecule has 0 aromatic heterocycles. The maximum absolute atomic E-state index is 12.5. The Morgan fingerprint density at radius 1 is 1.24 bits per heavy atom. The van der Waals surface area contributed by atoms with Gasteiger partial charge in [-0.3, -0.25) is 9.59 Å². The predicted octanol–water partition coefficient (Wildman–Crippen LogP) is 3.61. The normalized spacial score (nSPS) is 22.3. The SMILES string of the molecule is CC1(C)OCC(CCN2CCN(C(=O)C=Cc3ccc(Cl)c(Cl)c3)CCC2=O)O1. The fourth-order valence-corrected chi connectivity index (χ4v) is 3.72. The lowest BCUT2D eigenvalue weighted by Gasteiger charge is -2.23. The molecular weight excluding hydrogens is 415 g/mol. The van der Waals surface area contributed by atoms with Crippen LogP contribution in [0.15, 0.2) is 24.3 Å². The third-order valence-electron chi connectivity index (χ3n) is 5.05. The average molecular weight is 441 g/mol. The lowest BCUT2D eigenvalue weighted by Crippen LogP contribution is -2.37. The molecule has 0 aliphatic carbocycles. The number of benzene rings is 1. The van der Waals surface area contributed by atoms with Crippen LogP contribution in [0, 0.1) is 0 Å². The van der Waals surface area contributed by atoms with Gasteiger partial charge < -0.3 is 19.3 Å². The number of hydrogen-bond acceptors (Lipinski definition) is 4. The van der Waals surface area contributed by atoms with Crippen molar-refractivity contribution in [3.8, 4) is 0 Å². The van der Waals surface area contributed by atoms with E-state index in [0.717, 1.165) is 12.0 Å². The summed E-state index contributed by atoms with van der Waals surface area (Å²) in [6.45, 7) is 6.35. The van der Waals surface area contributed by atoms with E-state index < -0.39 is 5.79 Å². The molecule has 0 radical (unpaired) electrons. The Morgan fingerprint density at radius 2 is 2.03 bits per heavy atom. The summed E-state index contributed by atoms with van der Waals surface area (Å²) in [6, 6.07) is 5.19. The topological polar surface area (TPSA) is 59.1 Å². The third-order valence-corrected chi connectivity index (χ3v) is 5.79. The van der Waals surface area contributed by atoms with Crippen LogP contribution in [-0.4, -0.2) is 66.3 Å². The largest absolute Gasteiger partial charge is 0.348 e. The molecule has 2 fully saturated rings. The Kier molecular flexibility index (Phi) is 7.22. The van der Waals surface area contributed by atoms with Gasteiger partial charge in [0.15, 0.2) is 5.79 Å². The van der Waals surface area contributed by atoms with Gasteiger partial charge in [0.05, 0.1) is 22.8 Å². The second-order valence-electron chi connectivity index (χ2n) is 7.70. The summed E-state index contributed by atoms with van der Waals surface area (Å²) >= 11 is 11.9. The first kappa shape index (κ1) is 22.1. The second-order valence-corrected chi connectivity index (χ2v) is 8.52. The van der Waals surface area contributed by atoms with E-state index in [-0.39, 0.29) is 17.9 Å². The molecule has 1 aromatic rings. The summed E-state index contributed by atoms with van der Waals surface area (Å²) in [5.74, 6) is -0.621. The first-order chi connectivity index (χ1) is 13.7. The van der Waals surface area contributed by atoms with Crippen LogP contribution in [0.1, 0.15) is 32.3 Å². The zero-order valence-corrected chi connectivity index (χ0v) is 18.2. The molecule has 0 N–H and O–H groups in total. The smallest absolute Gasteiger partial charge is 0.246 e. The van der Waals surface area contributed by atoms with Crippen molar-refractivity contribution in [3.63, 3.8) is 0 Å². The van der Waals surface area contributed by atoms with Gasteiger partial charge >= 0.3 is 0 Å². The summed E-state index contributed by atoms with van der Waals surface area (Å²) in [5, 5.41) is 0.914. The quantitative estimate of drug-likeness (QED) is 0.656. The average Bonchev–Trinajstić information content (AvgIpc) is 2.91. The Labute approximate surface area is 181 Å². The number of carbonyl (C=O) groups is 2. The molecule has 2 aliphatic rings. The van der Waals surface area contributed by atoms with Crippen LogP contribution in [0.5, 0.6) is 0 Å². The summed E-state index contributed by atoms with van der Waals surface area (Å²) in [4.78, 5) is 28.5. The van der Waals surface area contributed by atoms with Crippen molar-refractivity contribution < 1.29 is 19.1 Å². The van der Waals surface area contributed by atoms with Crippen molar-refractivity contribution in [2.45, 2.75) is 38.6 Å². The van der Waals surface area contributed by atoms with Crippen molar-refractivity contribution in [3.05, 3.63) is 39.9 Å². The minimum absolute atomic E-state index is 0.00655. The molecule has 3 rings (SSSR count). The van der Waals surface area contributed by atoms with E-state index in [1.807, 2.05) is 18.7 Å². The Bertz CT molecular complexity index is 797. The van der Waals surface area contributed by atoms with Crippen LogP contribution in [-0.2, 0) is 19.1 Å². The Balaban J connectivity index is 1.51. The van der Waals surface area contributed by atoms with Crippen molar-refractivity contribution in [2.75, 3.05) is 32.8 Å². The maximum atomic E-state index is 12.5. The van der Waals surface area contributed by atoms with Crippen LogP contribution >= 0.6 is 23.2 Å². The molecule has 29 heavy (non-hydrogen) atoms. The molecule has 1 aromatic carbocycles. The number of amides is 2. The van der Waals surface area contributed by atoms with Gasteiger partial charge in [0, 0.05) is 38.7 Å². The standard InChI is InChI=1S/C21H26Cl2N2O4/c1-21(2)28-14-16(29-21)7-9-24-11-12-25(10-8-20(24)27)19(26)6-4-15-3-5-17(22)18(23)13-15/h3-6,13,16H,7-12,14H2,1-2H3. The number of carbonyl (C=O) groups excluding carboxylic acids is 2. The van der Waals surface area contributed by atoms with E-state index in [4.69, 9.17) is 32.7 Å². The van der Waals surface area contributed by atoms with Crippen LogP contribution in [0.2, 0.25) is 10.0 Å². The van der Waals surface area contributed by atoms with Crippen LogP contribution in [0.25, 0.3) is 6.08 Å². The first-order valence-corrected chi connectivity index (χ1v) is 10.5. The molecule has 0 saturated carbocycles. The zero-order valence-electron chi connectivity index (χ0n) is 16.7. The maximum Gasteiger partial charge on any atom is 0.246 e.